The number of rotatable bonds is 4. The molecule has 1 aromatic rings. The van der Waals surface area contributed by atoms with Gasteiger partial charge < -0.3 is 0 Å². The van der Waals surface area contributed by atoms with Crippen molar-refractivity contribution < 1.29 is 4.79 Å². The van der Waals surface area contributed by atoms with Gasteiger partial charge in [-0.3, -0.25) is 4.79 Å². The summed E-state index contributed by atoms with van der Waals surface area (Å²) in [6, 6.07) is 9.98. The summed E-state index contributed by atoms with van der Waals surface area (Å²) in [4.78, 5) is 12.1. The third-order valence-electron chi connectivity index (χ3n) is 1.55. The van der Waals surface area contributed by atoms with Crippen molar-refractivity contribution >= 4 is 17.5 Å². The van der Waals surface area contributed by atoms with Gasteiger partial charge in [0.05, 0.1) is 0 Å². The number of hydrogen-bond acceptors (Lipinski definition) is 2. The standard InChI is InChI=1S/C11H12OS/c1-2-10(12)8-9-13-11-6-4-3-5-7-11/h3-9H,2H2,1H3/b9-8+. The molecule has 0 saturated heterocycles. The van der Waals surface area contributed by atoms with Gasteiger partial charge in [0.2, 0.25) is 0 Å². The highest BCUT2D eigenvalue weighted by Gasteiger charge is 1.90. The molecule has 13 heavy (non-hydrogen) atoms. The number of hydrogen-bond donors (Lipinski definition) is 0. The number of benzene rings is 1. The monoisotopic (exact) mass is 192 g/mol. The summed E-state index contributed by atoms with van der Waals surface area (Å²) in [6.07, 6.45) is 2.20. The van der Waals surface area contributed by atoms with Crippen LogP contribution in [0.25, 0.3) is 0 Å². The van der Waals surface area contributed by atoms with Gasteiger partial charge in [-0.2, -0.15) is 0 Å². The zero-order chi connectivity index (χ0) is 9.52. The van der Waals surface area contributed by atoms with Gasteiger partial charge in [0.1, 0.15) is 0 Å². The van der Waals surface area contributed by atoms with Gasteiger partial charge in [0, 0.05) is 11.3 Å². The van der Waals surface area contributed by atoms with Crippen LogP contribution in [0.1, 0.15) is 13.3 Å². The largest absolute Gasteiger partial charge is 0.295 e. The van der Waals surface area contributed by atoms with E-state index in [1.165, 1.54) is 0 Å². The van der Waals surface area contributed by atoms with Crippen LogP contribution in [0.5, 0.6) is 0 Å². The summed E-state index contributed by atoms with van der Waals surface area (Å²) in [6.45, 7) is 1.86. The van der Waals surface area contributed by atoms with E-state index in [1.807, 2.05) is 42.7 Å². The van der Waals surface area contributed by atoms with E-state index in [4.69, 9.17) is 0 Å². The molecule has 0 aromatic heterocycles. The molecule has 0 aliphatic heterocycles. The summed E-state index contributed by atoms with van der Waals surface area (Å²) < 4.78 is 0. The predicted molar refractivity (Wildman–Crippen MR) is 56.7 cm³/mol. The highest BCUT2D eigenvalue weighted by atomic mass is 32.2. The average Bonchev–Trinajstić information content (AvgIpc) is 2.19. The van der Waals surface area contributed by atoms with Gasteiger partial charge in [-0.25, -0.2) is 0 Å². The van der Waals surface area contributed by atoms with Crippen LogP contribution in [0.2, 0.25) is 0 Å². The first kappa shape index (κ1) is 10.1. The molecule has 68 valence electrons. The third kappa shape index (κ3) is 3.95. The van der Waals surface area contributed by atoms with Gasteiger partial charge in [-0.15, -0.1) is 0 Å². The van der Waals surface area contributed by atoms with Crippen molar-refractivity contribution in [2.75, 3.05) is 0 Å². The fourth-order valence-corrected chi connectivity index (χ4v) is 1.50. The Morgan fingerprint density at radius 2 is 2.08 bits per heavy atom. The fourth-order valence-electron chi connectivity index (χ4n) is 0.805. The van der Waals surface area contributed by atoms with Crippen LogP contribution in [-0.2, 0) is 4.79 Å². The van der Waals surface area contributed by atoms with E-state index in [1.54, 1.807) is 17.8 Å². The van der Waals surface area contributed by atoms with Crippen molar-refractivity contribution in [3.05, 3.63) is 41.8 Å². The smallest absolute Gasteiger partial charge is 0.155 e. The van der Waals surface area contributed by atoms with E-state index in [9.17, 15) is 4.79 Å². The minimum absolute atomic E-state index is 0.170. The average molecular weight is 192 g/mol. The lowest BCUT2D eigenvalue weighted by Crippen LogP contribution is -1.85. The molecule has 0 fully saturated rings. The van der Waals surface area contributed by atoms with Crippen LogP contribution < -0.4 is 0 Å². The highest BCUT2D eigenvalue weighted by molar-refractivity contribution is 8.02. The molecule has 0 aliphatic rings. The molecule has 0 saturated carbocycles. The third-order valence-corrected chi connectivity index (χ3v) is 2.37. The maximum absolute atomic E-state index is 10.9. The number of allylic oxidation sites excluding steroid dienone is 1. The SMILES string of the molecule is CCC(=O)/C=C/Sc1ccccc1. The second-order valence-corrected chi connectivity index (χ2v) is 3.53. The molecule has 0 atom stereocenters. The zero-order valence-electron chi connectivity index (χ0n) is 7.57. The quantitative estimate of drug-likeness (QED) is 0.538. The molecule has 0 unspecified atom stereocenters. The van der Waals surface area contributed by atoms with Gasteiger partial charge in [-0.1, -0.05) is 36.9 Å². The Balaban J connectivity index is 2.44. The molecule has 1 aromatic carbocycles. The maximum atomic E-state index is 10.9. The van der Waals surface area contributed by atoms with E-state index < -0.39 is 0 Å². The Morgan fingerprint density at radius 1 is 1.38 bits per heavy atom. The minimum Gasteiger partial charge on any atom is -0.295 e. The summed E-state index contributed by atoms with van der Waals surface area (Å²) in [5.74, 6) is 0.170. The summed E-state index contributed by atoms with van der Waals surface area (Å²) >= 11 is 1.56. The van der Waals surface area contributed by atoms with Crippen molar-refractivity contribution in [3.8, 4) is 0 Å². The molecule has 1 nitrogen and oxygen atoms in total. The number of carbonyl (C=O) groups excluding carboxylic acids is 1. The lowest BCUT2D eigenvalue weighted by molar-refractivity contribution is -0.114. The van der Waals surface area contributed by atoms with Crippen LogP contribution in [-0.4, -0.2) is 5.78 Å². The van der Waals surface area contributed by atoms with Crippen LogP contribution in [0.3, 0.4) is 0 Å². The molecule has 0 N–H and O–H groups in total. The van der Waals surface area contributed by atoms with Crippen molar-refractivity contribution in [2.24, 2.45) is 0 Å². The minimum atomic E-state index is 0.170. The Morgan fingerprint density at radius 3 is 2.69 bits per heavy atom. The Kier molecular flexibility index (Phi) is 4.33. The van der Waals surface area contributed by atoms with Crippen molar-refractivity contribution in [1.82, 2.24) is 0 Å². The van der Waals surface area contributed by atoms with E-state index in [2.05, 4.69) is 0 Å². The topological polar surface area (TPSA) is 17.1 Å². The van der Waals surface area contributed by atoms with Crippen LogP contribution in [0.15, 0.2) is 46.7 Å². The second-order valence-electron chi connectivity index (χ2n) is 2.55. The second kappa shape index (κ2) is 5.60. The number of carbonyl (C=O) groups is 1. The molecular formula is C11H12OS. The van der Waals surface area contributed by atoms with Crippen molar-refractivity contribution in [3.63, 3.8) is 0 Å². The summed E-state index contributed by atoms with van der Waals surface area (Å²) in [7, 11) is 0. The normalized spacial score (nSPS) is 10.5. The molecule has 0 aliphatic carbocycles. The van der Waals surface area contributed by atoms with Crippen LogP contribution in [0, 0.1) is 0 Å². The number of thioether (sulfide) groups is 1. The van der Waals surface area contributed by atoms with Crippen molar-refractivity contribution in [2.45, 2.75) is 18.2 Å². The Labute approximate surface area is 82.9 Å². The molecule has 0 amide bonds. The summed E-state index contributed by atoms with van der Waals surface area (Å²) in [5.41, 5.74) is 0. The first-order chi connectivity index (χ1) is 6.33. The highest BCUT2D eigenvalue weighted by Crippen LogP contribution is 2.17. The summed E-state index contributed by atoms with van der Waals surface area (Å²) in [5, 5.41) is 1.83. The fraction of sp³-hybridized carbons (Fsp3) is 0.182. The van der Waals surface area contributed by atoms with Gasteiger partial charge in [-0.05, 0) is 23.6 Å². The zero-order valence-corrected chi connectivity index (χ0v) is 8.38. The van der Waals surface area contributed by atoms with E-state index >= 15 is 0 Å². The lowest BCUT2D eigenvalue weighted by atomic mass is 10.3. The molecule has 0 spiro atoms. The maximum Gasteiger partial charge on any atom is 0.155 e. The first-order valence-electron chi connectivity index (χ1n) is 4.24. The van der Waals surface area contributed by atoms with Crippen molar-refractivity contribution in [1.29, 1.82) is 0 Å². The molecular weight excluding hydrogens is 180 g/mol. The van der Waals surface area contributed by atoms with E-state index in [-0.39, 0.29) is 5.78 Å². The molecule has 1 rings (SSSR count). The Hall–Kier alpha value is -1.02. The van der Waals surface area contributed by atoms with E-state index in [0.717, 1.165) is 4.90 Å². The van der Waals surface area contributed by atoms with Gasteiger partial charge in [0.15, 0.2) is 5.78 Å². The molecule has 2 heteroatoms. The van der Waals surface area contributed by atoms with Gasteiger partial charge in [0.25, 0.3) is 0 Å². The van der Waals surface area contributed by atoms with Crippen LogP contribution in [0.4, 0.5) is 0 Å². The van der Waals surface area contributed by atoms with Gasteiger partial charge >= 0.3 is 0 Å². The van der Waals surface area contributed by atoms with E-state index in [0.29, 0.717) is 6.42 Å². The lowest BCUT2D eigenvalue weighted by Gasteiger charge is -1.92. The first-order valence-corrected chi connectivity index (χ1v) is 5.12. The molecule has 0 bridgehead atoms. The van der Waals surface area contributed by atoms with Crippen LogP contribution >= 0.6 is 11.8 Å². The Bertz CT molecular complexity index is 290. The molecule has 0 heterocycles. The predicted octanol–water partition coefficient (Wildman–Crippen LogP) is 3.27. The number of ketones is 1. The molecule has 0 radical (unpaired) electrons.